The third-order valence-electron chi connectivity index (χ3n) is 3.71. The van der Waals surface area contributed by atoms with E-state index >= 15 is 0 Å². The molecular formula is C13H23N3O4. The highest BCUT2D eigenvalue weighted by atomic mass is 16.4. The Morgan fingerprint density at radius 3 is 2.55 bits per heavy atom. The van der Waals surface area contributed by atoms with Crippen LogP contribution >= 0.6 is 0 Å². The molecule has 1 aliphatic heterocycles. The molecule has 7 nitrogen and oxygen atoms in total. The summed E-state index contributed by atoms with van der Waals surface area (Å²) in [5.41, 5.74) is -0.602. The van der Waals surface area contributed by atoms with E-state index in [0.29, 0.717) is 32.4 Å². The Labute approximate surface area is 118 Å². The number of amides is 3. The van der Waals surface area contributed by atoms with Crippen LogP contribution < -0.4 is 10.6 Å². The first kappa shape index (κ1) is 16.3. The first-order valence-corrected chi connectivity index (χ1v) is 6.84. The van der Waals surface area contributed by atoms with Gasteiger partial charge in [-0.2, -0.15) is 0 Å². The molecule has 0 spiro atoms. The lowest BCUT2D eigenvalue weighted by Gasteiger charge is -2.24. The van der Waals surface area contributed by atoms with Gasteiger partial charge < -0.3 is 20.6 Å². The van der Waals surface area contributed by atoms with E-state index in [4.69, 9.17) is 5.11 Å². The van der Waals surface area contributed by atoms with Crippen molar-refractivity contribution in [2.24, 2.45) is 5.41 Å². The molecule has 1 unspecified atom stereocenters. The van der Waals surface area contributed by atoms with Gasteiger partial charge in [0.1, 0.15) is 6.04 Å². The van der Waals surface area contributed by atoms with E-state index in [1.54, 1.807) is 14.0 Å². The summed E-state index contributed by atoms with van der Waals surface area (Å²) in [6, 6.07) is -1.29. The van der Waals surface area contributed by atoms with Gasteiger partial charge in [0.2, 0.25) is 5.91 Å². The second-order valence-corrected chi connectivity index (χ2v) is 5.44. The lowest BCUT2D eigenvalue weighted by Crippen LogP contribution is -2.48. The molecule has 7 heteroatoms. The number of carboxylic acid groups (broad SMARTS) is 1. The number of aliphatic carboxylic acids is 1. The van der Waals surface area contributed by atoms with Gasteiger partial charge in [0, 0.05) is 20.1 Å². The summed E-state index contributed by atoms with van der Waals surface area (Å²) in [6.07, 6.45) is 1.64. The predicted molar refractivity (Wildman–Crippen MR) is 73.2 cm³/mol. The SMILES string of the molecule is CCC[C@H](NC(=O)N1CCC(C)(C(=O)NC)C1)C(=O)O. The molecule has 2 atom stereocenters. The average molecular weight is 285 g/mol. The second kappa shape index (κ2) is 6.58. The molecule has 0 aliphatic carbocycles. The first-order chi connectivity index (χ1) is 9.34. The maximum absolute atomic E-state index is 12.1. The average Bonchev–Trinajstić information content (AvgIpc) is 2.81. The van der Waals surface area contributed by atoms with Crippen molar-refractivity contribution in [3.63, 3.8) is 0 Å². The van der Waals surface area contributed by atoms with E-state index in [2.05, 4.69) is 10.6 Å². The molecule has 0 aromatic heterocycles. The lowest BCUT2D eigenvalue weighted by atomic mass is 9.89. The molecule has 20 heavy (non-hydrogen) atoms. The Bertz CT molecular complexity index is 399. The van der Waals surface area contributed by atoms with Crippen LogP contribution in [0.1, 0.15) is 33.1 Å². The van der Waals surface area contributed by atoms with Crippen molar-refractivity contribution in [3.05, 3.63) is 0 Å². The summed E-state index contributed by atoms with van der Waals surface area (Å²) >= 11 is 0. The molecule has 1 fully saturated rings. The van der Waals surface area contributed by atoms with Crippen LogP contribution in [0, 0.1) is 5.41 Å². The van der Waals surface area contributed by atoms with Crippen LogP contribution in [-0.2, 0) is 9.59 Å². The van der Waals surface area contributed by atoms with Crippen molar-refractivity contribution < 1.29 is 19.5 Å². The Kier molecular flexibility index (Phi) is 5.35. The van der Waals surface area contributed by atoms with Gasteiger partial charge in [-0.1, -0.05) is 13.3 Å². The monoisotopic (exact) mass is 285 g/mol. The summed E-state index contributed by atoms with van der Waals surface area (Å²) < 4.78 is 0. The van der Waals surface area contributed by atoms with E-state index in [0.717, 1.165) is 0 Å². The van der Waals surface area contributed by atoms with Gasteiger partial charge in [0.15, 0.2) is 0 Å². The zero-order valence-electron chi connectivity index (χ0n) is 12.2. The first-order valence-electron chi connectivity index (χ1n) is 6.84. The normalized spacial score (nSPS) is 23.2. The van der Waals surface area contributed by atoms with Crippen molar-refractivity contribution in [2.75, 3.05) is 20.1 Å². The molecule has 1 heterocycles. The van der Waals surface area contributed by atoms with Crippen LogP contribution in [-0.4, -0.2) is 54.1 Å². The van der Waals surface area contributed by atoms with Gasteiger partial charge >= 0.3 is 12.0 Å². The van der Waals surface area contributed by atoms with Crippen molar-refractivity contribution in [1.82, 2.24) is 15.5 Å². The minimum atomic E-state index is -1.03. The molecule has 0 radical (unpaired) electrons. The fraction of sp³-hybridized carbons (Fsp3) is 0.769. The van der Waals surface area contributed by atoms with E-state index < -0.39 is 23.5 Å². The predicted octanol–water partition coefficient (Wildman–Crippen LogP) is 0.407. The minimum Gasteiger partial charge on any atom is -0.480 e. The van der Waals surface area contributed by atoms with Crippen LogP contribution in [0.15, 0.2) is 0 Å². The van der Waals surface area contributed by atoms with E-state index in [9.17, 15) is 14.4 Å². The Morgan fingerprint density at radius 2 is 2.05 bits per heavy atom. The molecule has 3 amide bonds. The fourth-order valence-corrected chi connectivity index (χ4v) is 2.41. The van der Waals surface area contributed by atoms with E-state index in [1.807, 2.05) is 6.92 Å². The number of hydrogen-bond donors (Lipinski definition) is 3. The van der Waals surface area contributed by atoms with Crippen molar-refractivity contribution in [2.45, 2.75) is 39.2 Å². The topological polar surface area (TPSA) is 98.7 Å². The molecule has 3 N–H and O–H groups in total. The smallest absolute Gasteiger partial charge is 0.326 e. The largest absolute Gasteiger partial charge is 0.480 e. The van der Waals surface area contributed by atoms with Crippen molar-refractivity contribution in [1.29, 1.82) is 0 Å². The lowest BCUT2D eigenvalue weighted by molar-refractivity contribution is -0.139. The number of carbonyl (C=O) groups excluding carboxylic acids is 2. The van der Waals surface area contributed by atoms with Crippen molar-refractivity contribution in [3.8, 4) is 0 Å². The molecule has 0 saturated carbocycles. The third-order valence-corrected chi connectivity index (χ3v) is 3.71. The molecule has 0 aromatic rings. The third kappa shape index (κ3) is 3.61. The molecule has 1 aliphatic rings. The number of carbonyl (C=O) groups is 3. The standard InChI is InChI=1S/C13H23N3O4/c1-4-5-9(10(17)18)15-12(20)16-7-6-13(2,8-16)11(19)14-3/h9H,4-8H2,1-3H3,(H,14,19)(H,15,20)(H,17,18)/t9-,13?/m0/s1. The number of likely N-dealkylation sites (tertiary alicyclic amines) is 1. The Balaban J connectivity index is 2.62. The van der Waals surface area contributed by atoms with Gasteiger partial charge in [-0.05, 0) is 19.8 Å². The fourth-order valence-electron chi connectivity index (χ4n) is 2.41. The highest BCUT2D eigenvalue weighted by Gasteiger charge is 2.41. The van der Waals surface area contributed by atoms with Gasteiger partial charge in [-0.15, -0.1) is 0 Å². The maximum atomic E-state index is 12.1. The zero-order valence-corrected chi connectivity index (χ0v) is 12.2. The molecule has 114 valence electrons. The number of nitrogens with one attached hydrogen (secondary N) is 2. The van der Waals surface area contributed by atoms with E-state index in [1.165, 1.54) is 4.90 Å². The Hall–Kier alpha value is -1.79. The summed E-state index contributed by atoms with van der Waals surface area (Å²) in [5.74, 6) is -1.13. The number of urea groups is 1. The summed E-state index contributed by atoms with van der Waals surface area (Å²) in [7, 11) is 1.57. The number of carboxylic acids is 1. The van der Waals surface area contributed by atoms with Crippen molar-refractivity contribution >= 4 is 17.9 Å². The molecule has 1 rings (SSSR count). The van der Waals surface area contributed by atoms with Crippen LogP contribution in [0.25, 0.3) is 0 Å². The summed E-state index contributed by atoms with van der Waals surface area (Å²) in [5, 5.41) is 14.1. The van der Waals surface area contributed by atoms with E-state index in [-0.39, 0.29) is 5.91 Å². The highest BCUT2D eigenvalue weighted by Crippen LogP contribution is 2.30. The van der Waals surface area contributed by atoms with Crippen LogP contribution in [0.2, 0.25) is 0 Å². The maximum Gasteiger partial charge on any atom is 0.326 e. The molecular weight excluding hydrogens is 262 g/mol. The van der Waals surface area contributed by atoms with Crippen LogP contribution in [0.5, 0.6) is 0 Å². The second-order valence-electron chi connectivity index (χ2n) is 5.44. The van der Waals surface area contributed by atoms with Gasteiger partial charge in [0.05, 0.1) is 5.41 Å². The van der Waals surface area contributed by atoms with Gasteiger partial charge in [-0.3, -0.25) is 4.79 Å². The molecule has 1 saturated heterocycles. The molecule has 0 aromatic carbocycles. The van der Waals surface area contributed by atoms with Gasteiger partial charge in [-0.25, -0.2) is 9.59 Å². The zero-order chi connectivity index (χ0) is 15.3. The Morgan fingerprint density at radius 1 is 1.40 bits per heavy atom. The molecule has 0 bridgehead atoms. The van der Waals surface area contributed by atoms with Crippen LogP contribution in [0.4, 0.5) is 4.79 Å². The highest BCUT2D eigenvalue weighted by molar-refractivity contribution is 5.86. The van der Waals surface area contributed by atoms with Gasteiger partial charge in [0.25, 0.3) is 0 Å². The quantitative estimate of drug-likeness (QED) is 0.681. The number of hydrogen-bond acceptors (Lipinski definition) is 3. The van der Waals surface area contributed by atoms with Crippen LogP contribution in [0.3, 0.4) is 0 Å². The number of nitrogens with zero attached hydrogens (tertiary/aromatic N) is 1. The summed E-state index contributed by atoms with van der Waals surface area (Å²) in [4.78, 5) is 36.4. The number of rotatable bonds is 5. The summed E-state index contributed by atoms with van der Waals surface area (Å²) in [6.45, 7) is 4.42. The minimum absolute atomic E-state index is 0.101.